The maximum absolute atomic E-state index is 11.6. The molecule has 5 heteroatoms. The van der Waals surface area contributed by atoms with Gasteiger partial charge in [-0.1, -0.05) is 11.6 Å². The molecule has 1 saturated heterocycles. The van der Waals surface area contributed by atoms with Gasteiger partial charge in [0, 0.05) is 15.1 Å². The van der Waals surface area contributed by atoms with E-state index >= 15 is 0 Å². The van der Waals surface area contributed by atoms with E-state index in [1.165, 1.54) is 0 Å². The first-order chi connectivity index (χ1) is 7.18. The van der Waals surface area contributed by atoms with Crippen LogP contribution in [0.3, 0.4) is 0 Å². The van der Waals surface area contributed by atoms with Crippen LogP contribution in [0.15, 0.2) is 18.2 Å². The molecular weight excluding hydrogens is 328 g/mol. The fourth-order valence-corrected chi connectivity index (χ4v) is 2.64. The normalized spacial score (nSPS) is 16.9. The lowest BCUT2D eigenvalue weighted by atomic mass is 10.2. The molecule has 0 radical (unpaired) electrons. The maximum Gasteiger partial charge on any atom is 0.253 e. The molecule has 0 N–H and O–H groups in total. The molecule has 0 spiro atoms. The fraction of sp³-hybridized carbons (Fsp3) is 0.300. The van der Waals surface area contributed by atoms with Crippen molar-refractivity contribution in [2.45, 2.75) is 0 Å². The second-order valence-corrected chi connectivity index (χ2v) is 4.79. The molecule has 3 nitrogen and oxygen atoms in total. The lowest BCUT2D eigenvalue weighted by molar-refractivity contribution is -0.125. The van der Waals surface area contributed by atoms with E-state index in [0.717, 1.165) is 9.26 Å². The first kappa shape index (κ1) is 11.2. The molecule has 1 aliphatic rings. The van der Waals surface area contributed by atoms with Crippen molar-refractivity contribution in [3.05, 3.63) is 26.8 Å². The van der Waals surface area contributed by atoms with Gasteiger partial charge in [-0.05, 0) is 40.8 Å². The van der Waals surface area contributed by atoms with Gasteiger partial charge in [0.2, 0.25) is 0 Å². The Morgan fingerprint density at radius 2 is 2.27 bits per heavy atom. The molecule has 0 saturated carbocycles. The third-order valence-electron chi connectivity index (χ3n) is 2.19. The van der Waals surface area contributed by atoms with Crippen molar-refractivity contribution in [2.24, 2.45) is 0 Å². The summed E-state index contributed by atoms with van der Waals surface area (Å²) >= 11 is 8.04. The monoisotopic (exact) mass is 337 g/mol. The molecule has 1 aromatic carbocycles. The minimum Gasteiger partial charge on any atom is -0.370 e. The van der Waals surface area contributed by atoms with Crippen LogP contribution in [0, 0.1) is 3.57 Å². The van der Waals surface area contributed by atoms with Crippen LogP contribution in [0.1, 0.15) is 0 Å². The summed E-state index contributed by atoms with van der Waals surface area (Å²) in [6.45, 7) is 1.36. The number of rotatable bonds is 1. The molecule has 0 aliphatic carbocycles. The number of nitrogens with zero attached hydrogens (tertiary/aromatic N) is 1. The van der Waals surface area contributed by atoms with Crippen LogP contribution in [0.5, 0.6) is 0 Å². The number of hydrogen-bond donors (Lipinski definition) is 0. The predicted molar refractivity (Wildman–Crippen MR) is 67.3 cm³/mol. The van der Waals surface area contributed by atoms with Crippen molar-refractivity contribution in [2.75, 3.05) is 24.7 Å². The van der Waals surface area contributed by atoms with Crippen LogP contribution in [-0.2, 0) is 9.53 Å². The van der Waals surface area contributed by atoms with Crippen LogP contribution in [0.4, 0.5) is 5.69 Å². The number of ether oxygens (including phenoxy) is 1. The average Bonchev–Trinajstić information content (AvgIpc) is 2.20. The van der Waals surface area contributed by atoms with Crippen molar-refractivity contribution in [1.29, 1.82) is 0 Å². The molecule has 0 unspecified atom stereocenters. The smallest absolute Gasteiger partial charge is 0.253 e. The summed E-state index contributed by atoms with van der Waals surface area (Å²) in [6, 6.07) is 5.51. The molecule has 80 valence electrons. The number of anilines is 1. The first-order valence-electron chi connectivity index (χ1n) is 4.51. The Labute approximate surface area is 106 Å². The Morgan fingerprint density at radius 1 is 1.47 bits per heavy atom. The van der Waals surface area contributed by atoms with Gasteiger partial charge in [0.05, 0.1) is 12.3 Å². The number of hydrogen-bond acceptors (Lipinski definition) is 2. The highest BCUT2D eigenvalue weighted by Crippen LogP contribution is 2.26. The van der Waals surface area contributed by atoms with E-state index in [9.17, 15) is 4.79 Å². The Morgan fingerprint density at radius 3 is 2.93 bits per heavy atom. The SMILES string of the molecule is O=C1COCCN1c1ccc(Cl)cc1I. The highest BCUT2D eigenvalue weighted by molar-refractivity contribution is 14.1. The molecule has 1 aliphatic heterocycles. The standard InChI is InChI=1S/C10H9ClINO2/c11-7-1-2-9(8(12)5-7)13-3-4-15-6-10(13)14/h1-2,5H,3-4,6H2. The molecule has 1 aromatic rings. The number of halogens is 2. The van der Waals surface area contributed by atoms with Crippen molar-refractivity contribution in [3.8, 4) is 0 Å². The molecule has 15 heavy (non-hydrogen) atoms. The van der Waals surface area contributed by atoms with Crippen molar-refractivity contribution >= 4 is 45.8 Å². The minimum atomic E-state index is 0.00138. The molecular formula is C10H9ClINO2. The summed E-state index contributed by atoms with van der Waals surface area (Å²) in [5.74, 6) is 0.00138. The van der Waals surface area contributed by atoms with Crippen molar-refractivity contribution in [3.63, 3.8) is 0 Å². The number of benzene rings is 1. The zero-order chi connectivity index (χ0) is 10.8. The summed E-state index contributed by atoms with van der Waals surface area (Å²) in [4.78, 5) is 13.3. The topological polar surface area (TPSA) is 29.5 Å². The molecule has 1 fully saturated rings. The lowest BCUT2D eigenvalue weighted by Gasteiger charge is -2.27. The van der Waals surface area contributed by atoms with Crippen LogP contribution >= 0.6 is 34.2 Å². The fourth-order valence-electron chi connectivity index (χ4n) is 1.47. The van der Waals surface area contributed by atoms with Crippen LogP contribution < -0.4 is 4.90 Å². The Hall–Kier alpha value is -0.330. The largest absolute Gasteiger partial charge is 0.370 e. The van der Waals surface area contributed by atoms with Gasteiger partial charge in [-0.25, -0.2) is 0 Å². The summed E-state index contributed by atoms with van der Waals surface area (Å²) in [5.41, 5.74) is 0.910. The molecule has 0 atom stereocenters. The van der Waals surface area contributed by atoms with E-state index in [4.69, 9.17) is 16.3 Å². The summed E-state index contributed by atoms with van der Waals surface area (Å²) in [6.07, 6.45) is 0. The van der Waals surface area contributed by atoms with Gasteiger partial charge in [0.1, 0.15) is 6.61 Å². The maximum atomic E-state index is 11.6. The van der Waals surface area contributed by atoms with Crippen LogP contribution in [0.2, 0.25) is 5.02 Å². The van der Waals surface area contributed by atoms with Gasteiger partial charge in [0.25, 0.3) is 5.91 Å². The number of carbonyl (C=O) groups is 1. The molecule has 1 heterocycles. The summed E-state index contributed by atoms with van der Waals surface area (Å²) in [7, 11) is 0. The van der Waals surface area contributed by atoms with Gasteiger partial charge >= 0.3 is 0 Å². The average molecular weight is 338 g/mol. The van der Waals surface area contributed by atoms with Crippen molar-refractivity contribution < 1.29 is 9.53 Å². The van der Waals surface area contributed by atoms with Gasteiger partial charge in [-0.15, -0.1) is 0 Å². The Kier molecular flexibility index (Phi) is 3.48. The summed E-state index contributed by atoms with van der Waals surface area (Å²) in [5, 5.41) is 0.684. The zero-order valence-electron chi connectivity index (χ0n) is 7.87. The number of carbonyl (C=O) groups excluding carboxylic acids is 1. The minimum absolute atomic E-state index is 0.00138. The van der Waals surface area contributed by atoms with E-state index in [1.54, 1.807) is 11.0 Å². The van der Waals surface area contributed by atoms with Crippen LogP contribution in [0.25, 0.3) is 0 Å². The Bertz CT molecular complexity index is 397. The molecule has 1 amide bonds. The van der Waals surface area contributed by atoms with E-state index in [0.29, 0.717) is 18.2 Å². The predicted octanol–water partition coefficient (Wildman–Crippen LogP) is 2.31. The number of amides is 1. The quantitative estimate of drug-likeness (QED) is 0.736. The van der Waals surface area contributed by atoms with Gasteiger partial charge in [-0.2, -0.15) is 0 Å². The second-order valence-electron chi connectivity index (χ2n) is 3.19. The first-order valence-corrected chi connectivity index (χ1v) is 5.97. The van der Waals surface area contributed by atoms with Gasteiger partial charge in [-0.3, -0.25) is 4.79 Å². The molecule has 0 aromatic heterocycles. The number of morpholine rings is 1. The van der Waals surface area contributed by atoms with Gasteiger partial charge in [0.15, 0.2) is 0 Å². The zero-order valence-corrected chi connectivity index (χ0v) is 10.8. The van der Waals surface area contributed by atoms with Crippen molar-refractivity contribution in [1.82, 2.24) is 0 Å². The molecule has 2 rings (SSSR count). The summed E-state index contributed by atoms with van der Waals surface area (Å²) < 4.78 is 6.06. The Balaban J connectivity index is 2.31. The highest BCUT2D eigenvalue weighted by Gasteiger charge is 2.21. The van der Waals surface area contributed by atoms with E-state index in [-0.39, 0.29) is 12.5 Å². The third kappa shape index (κ3) is 2.43. The van der Waals surface area contributed by atoms with Gasteiger partial charge < -0.3 is 9.64 Å². The van der Waals surface area contributed by atoms with E-state index in [1.807, 2.05) is 12.1 Å². The van der Waals surface area contributed by atoms with E-state index in [2.05, 4.69) is 22.6 Å². The molecule has 0 bridgehead atoms. The highest BCUT2D eigenvalue weighted by atomic mass is 127. The van der Waals surface area contributed by atoms with Crippen LogP contribution in [-0.4, -0.2) is 25.7 Å². The second kappa shape index (κ2) is 4.67. The third-order valence-corrected chi connectivity index (χ3v) is 3.29. The lowest BCUT2D eigenvalue weighted by Crippen LogP contribution is -2.42. The van der Waals surface area contributed by atoms with E-state index < -0.39 is 0 Å².